The summed E-state index contributed by atoms with van der Waals surface area (Å²) in [7, 11) is -9.50. The molecule has 13 heteroatoms. The van der Waals surface area contributed by atoms with Crippen LogP contribution in [0, 0.1) is 0 Å². The van der Waals surface area contributed by atoms with Crippen LogP contribution < -0.4 is 11.1 Å². The molecule has 3 rings (SSSR count). The van der Waals surface area contributed by atoms with Gasteiger partial charge in [-0.2, -0.15) is 21.9 Å². The molecule has 0 bridgehead atoms. The summed E-state index contributed by atoms with van der Waals surface area (Å²) in [5, 5.41) is 9.96. The Morgan fingerprint density at radius 1 is 0.903 bits per heavy atom. The molecule has 3 aromatic rings. The largest absolute Gasteiger partial charge is 0.324 e. The Morgan fingerprint density at radius 2 is 1.58 bits per heavy atom. The number of hydrogen-bond acceptors (Lipinski definition) is 7. The molecule has 161 valence electrons. The van der Waals surface area contributed by atoms with Gasteiger partial charge in [-0.25, -0.2) is 0 Å². The number of azo groups is 1. The zero-order valence-electron chi connectivity index (χ0n) is 15.8. The first kappa shape index (κ1) is 22.3. The van der Waals surface area contributed by atoms with Gasteiger partial charge in [0.1, 0.15) is 15.5 Å². The minimum Gasteiger partial charge on any atom is -0.324 e. The van der Waals surface area contributed by atoms with E-state index in [1.54, 1.807) is 0 Å². The normalized spacial score (nSPS) is 12.4. The summed E-state index contributed by atoms with van der Waals surface area (Å²) in [5.41, 5.74) is 7.91. The van der Waals surface area contributed by atoms with Crippen molar-refractivity contribution in [3.05, 3.63) is 48.5 Å². The Balaban J connectivity index is 2.24. The van der Waals surface area contributed by atoms with Crippen molar-refractivity contribution < 1.29 is 30.7 Å². The molecule has 31 heavy (non-hydrogen) atoms. The van der Waals surface area contributed by atoms with Gasteiger partial charge in [0.15, 0.2) is 0 Å². The predicted molar refractivity (Wildman–Crippen MR) is 111 cm³/mol. The lowest BCUT2D eigenvalue weighted by molar-refractivity contribution is -0.114. The Hall–Kier alpha value is -3.39. The maximum absolute atomic E-state index is 11.9. The van der Waals surface area contributed by atoms with E-state index in [0.29, 0.717) is 0 Å². The second kappa shape index (κ2) is 8.03. The molecule has 0 aliphatic rings. The Bertz CT molecular complexity index is 1450. The fraction of sp³-hybridized carbons (Fsp3) is 0.0556. The van der Waals surface area contributed by atoms with E-state index < -0.39 is 35.9 Å². The quantitative estimate of drug-likeness (QED) is 0.380. The van der Waals surface area contributed by atoms with Crippen molar-refractivity contribution in [2.45, 2.75) is 16.7 Å². The van der Waals surface area contributed by atoms with Crippen LogP contribution in [0.25, 0.3) is 10.8 Å². The van der Waals surface area contributed by atoms with Crippen LogP contribution in [0.5, 0.6) is 0 Å². The van der Waals surface area contributed by atoms with E-state index >= 15 is 0 Å². The molecule has 1 radical (unpaired) electrons. The van der Waals surface area contributed by atoms with Gasteiger partial charge >= 0.3 is 0 Å². The smallest absolute Gasteiger partial charge is 0.295 e. The molecule has 4 N–H and O–H groups in total. The Morgan fingerprint density at radius 3 is 2.19 bits per heavy atom. The highest BCUT2D eigenvalue weighted by Crippen LogP contribution is 2.35. The highest BCUT2D eigenvalue weighted by atomic mass is 32.2. The fourth-order valence-corrected chi connectivity index (χ4v) is 4.25. The van der Waals surface area contributed by atoms with Crippen molar-refractivity contribution in [3.63, 3.8) is 0 Å². The van der Waals surface area contributed by atoms with Crippen LogP contribution in [0.3, 0.4) is 0 Å². The van der Waals surface area contributed by atoms with Crippen molar-refractivity contribution in [2.75, 3.05) is 5.32 Å². The minimum atomic E-state index is -4.79. The van der Waals surface area contributed by atoms with E-state index in [4.69, 9.17) is 5.73 Å². The summed E-state index contributed by atoms with van der Waals surface area (Å²) in [6.07, 6.45) is 0. The number of rotatable bonds is 5. The number of hydrogen-bond donors (Lipinski definition) is 3. The molecule has 1 amide bonds. The zero-order valence-corrected chi connectivity index (χ0v) is 17.4. The van der Waals surface area contributed by atoms with Crippen molar-refractivity contribution in [1.82, 2.24) is 5.73 Å². The average molecular weight is 463 g/mol. The number of anilines is 1. The molecular formula is C18H15N4O7S2. The predicted octanol–water partition coefficient (Wildman–Crippen LogP) is 3.62. The maximum Gasteiger partial charge on any atom is 0.295 e. The Labute approximate surface area is 177 Å². The molecule has 0 atom stereocenters. The molecule has 0 heterocycles. The number of amides is 1. The van der Waals surface area contributed by atoms with Gasteiger partial charge in [-0.05, 0) is 36.4 Å². The molecule has 0 aliphatic carbocycles. The molecule has 0 saturated carbocycles. The first-order valence-electron chi connectivity index (χ1n) is 8.43. The van der Waals surface area contributed by atoms with Gasteiger partial charge < -0.3 is 11.1 Å². The van der Waals surface area contributed by atoms with Crippen LogP contribution >= 0.6 is 0 Å². The lowest BCUT2D eigenvalue weighted by Crippen LogP contribution is -2.05. The molecule has 3 aromatic carbocycles. The van der Waals surface area contributed by atoms with Gasteiger partial charge in [0.05, 0.1) is 17.1 Å². The van der Waals surface area contributed by atoms with Crippen LogP contribution in [0.4, 0.5) is 22.7 Å². The molecule has 11 nitrogen and oxygen atoms in total. The maximum atomic E-state index is 11.9. The van der Waals surface area contributed by atoms with Gasteiger partial charge in [-0.1, -0.05) is 12.1 Å². The monoisotopic (exact) mass is 463 g/mol. The highest BCUT2D eigenvalue weighted by Gasteiger charge is 2.21. The molecule has 0 unspecified atom stereocenters. The van der Waals surface area contributed by atoms with Crippen LogP contribution in [0.15, 0.2) is 68.6 Å². The summed E-state index contributed by atoms with van der Waals surface area (Å²) < 4.78 is 66.2. The number of nitrogens with one attached hydrogen (secondary N) is 2. The number of carbonyl (C=O) groups is 1. The number of carbonyl (C=O) groups excluding carboxylic acids is 1. The zero-order chi connectivity index (χ0) is 23.0. The van der Waals surface area contributed by atoms with E-state index in [-0.39, 0.29) is 33.5 Å². The summed E-state index contributed by atoms with van der Waals surface area (Å²) in [5.74, 6) is -0.417. The number of benzene rings is 3. The van der Waals surface area contributed by atoms with Gasteiger partial charge in [0.2, 0.25) is 5.91 Å². The van der Waals surface area contributed by atoms with Crippen molar-refractivity contribution in [3.8, 4) is 0 Å². The van der Waals surface area contributed by atoms with Crippen LogP contribution in [0.2, 0.25) is 0 Å². The van der Waals surface area contributed by atoms with Crippen molar-refractivity contribution in [1.29, 1.82) is 0 Å². The molecule has 0 aliphatic heterocycles. The summed E-state index contributed by atoms with van der Waals surface area (Å²) in [6.45, 7) is 1.26. The molecule has 0 spiro atoms. The SMILES string of the molecule is CC(=O)Nc1cc([NH])ccc1/N=N/c1cc(S(=O)(=O)O)c2cccc(S(=O)(=O)O)c2c1. The fourth-order valence-electron chi connectivity index (χ4n) is 2.83. The van der Waals surface area contributed by atoms with Crippen LogP contribution in [-0.2, 0) is 25.0 Å². The van der Waals surface area contributed by atoms with Gasteiger partial charge in [-0.15, -0.1) is 5.11 Å². The van der Waals surface area contributed by atoms with E-state index in [0.717, 1.165) is 12.1 Å². The van der Waals surface area contributed by atoms with E-state index in [9.17, 15) is 30.7 Å². The molecule has 0 aromatic heterocycles. The van der Waals surface area contributed by atoms with Gasteiger partial charge in [0.25, 0.3) is 20.2 Å². The number of nitrogens with zero attached hydrogens (tertiary/aromatic N) is 2. The second-order valence-electron chi connectivity index (χ2n) is 6.36. The standard InChI is InChI=1S/C18H15N4O7S2/c1-10(23)20-16-7-11(19)5-6-15(16)22-21-12-8-14-13(18(9-12)31(27,28)29)3-2-4-17(14)30(24,25)26/h2-9,19H,1H3,(H,20,23)(H,24,25,26)(H,27,28,29)/b22-21+. The lowest BCUT2D eigenvalue weighted by Gasteiger charge is -2.09. The average Bonchev–Trinajstić information content (AvgIpc) is 2.64. The van der Waals surface area contributed by atoms with E-state index in [2.05, 4.69) is 15.5 Å². The third-order valence-electron chi connectivity index (χ3n) is 4.04. The third-order valence-corrected chi connectivity index (χ3v) is 5.84. The molecular weight excluding hydrogens is 448 g/mol. The van der Waals surface area contributed by atoms with Gasteiger partial charge in [-0.3, -0.25) is 13.9 Å². The first-order chi connectivity index (χ1) is 14.4. The van der Waals surface area contributed by atoms with Crippen LogP contribution in [-0.4, -0.2) is 31.8 Å². The number of fused-ring (bicyclic) bond motifs is 1. The van der Waals surface area contributed by atoms with Crippen LogP contribution in [0.1, 0.15) is 6.92 Å². The van der Waals surface area contributed by atoms with E-state index in [1.807, 2.05) is 0 Å². The summed E-state index contributed by atoms with van der Waals surface area (Å²) in [6, 6.07) is 9.80. The highest BCUT2D eigenvalue weighted by molar-refractivity contribution is 7.86. The van der Waals surface area contributed by atoms with Gasteiger partial charge in [0, 0.05) is 17.7 Å². The summed E-state index contributed by atoms with van der Waals surface area (Å²) in [4.78, 5) is 10.2. The molecule has 0 saturated heterocycles. The molecule has 0 fully saturated rings. The first-order valence-corrected chi connectivity index (χ1v) is 11.3. The summed E-state index contributed by atoms with van der Waals surface area (Å²) >= 11 is 0. The van der Waals surface area contributed by atoms with Crippen molar-refractivity contribution >= 4 is 59.7 Å². The lowest BCUT2D eigenvalue weighted by atomic mass is 10.1. The topological polar surface area (TPSA) is 186 Å². The third kappa shape index (κ3) is 5.03. The van der Waals surface area contributed by atoms with Crippen molar-refractivity contribution in [2.24, 2.45) is 10.2 Å². The Kier molecular flexibility index (Phi) is 5.78. The van der Waals surface area contributed by atoms with E-state index in [1.165, 1.54) is 43.3 Å². The minimum absolute atomic E-state index is 0.0971. The second-order valence-corrected chi connectivity index (χ2v) is 9.14.